The van der Waals surface area contributed by atoms with Gasteiger partial charge >= 0.3 is 7.60 Å². The molecule has 6 rings (SSSR count). The van der Waals surface area contributed by atoms with Crippen LogP contribution in [0.1, 0.15) is 34.7 Å². The summed E-state index contributed by atoms with van der Waals surface area (Å²) in [5.74, 6) is -2.28. The highest BCUT2D eigenvalue weighted by Crippen LogP contribution is 2.56. The molecule has 11 heteroatoms. The molecule has 1 heterocycles. The van der Waals surface area contributed by atoms with Gasteiger partial charge in [0.05, 0.1) is 45.7 Å². The van der Waals surface area contributed by atoms with Crippen LogP contribution in [0, 0.1) is 0 Å². The van der Waals surface area contributed by atoms with E-state index in [1.807, 2.05) is 152 Å². The van der Waals surface area contributed by atoms with E-state index in [0.717, 1.165) is 27.8 Å². The van der Waals surface area contributed by atoms with E-state index in [9.17, 15) is 14.5 Å². The third-order valence-electron chi connectivity index (χ3n) is 9.19. The smallest absolute Gasteiger partial charge is 0.362 e. The zero-order valence-corrected chi connectivity index (χ0v) is 31.7. The molecule has 1 amide bonds. The maximum Gasteiger partial charge on any atom is 0.362 e. The quantitative estimate of drug-likeness (QED) is 0.0820. The van der Waals surface area contributed by atoms with Gasteiger partial charge < -0.3 is 38.4 Å². The van der Waals surface area contributed by atoms with Crippen molar-refractivity contribution in [2.75, 3.05) is 6.61 Å². The van der Waals surface area contributed by atoms with Crippen LogP contribution < -0.4 is 5.32 Å². The summed E-state index contributed by atoms with van der Waals surface area (Å²) in [6.45, 7) is 1.81. The number of benzene rings is 5. The lowest BCUT2D eigenvalue weighted by atomic mass is 9.92. The van der Waals surface area contributed by atoms with Gasteiger partial charge in [-0.1, -0.05) is 152 Å². The summed E-state index contributed by atoms with van der Waals surface area (Å²) in [5, 5.41) is 15.3. The summed E-state index contributed by atoms with van der Waals surface area (Å²) in [7, 11) is -4.44. The summed E-state index contributed by atoms with van der Waals surface area (Å²) in [4.78, 5) is 13.0. The third-order valence-corrected chi connectivity index (χ3v) is 11.1. The minimum Gasteiger partial charge on any atom is -0.378 e. The molecule has 1 aliphatic heterocycles. The van der Waals surface area contributed by atoms with Crippen LogP contribution in [0.3, 0.4) is 0 Å². The van der Waals surface area contributed by atoms with Gasteiger partial charge in [0.25, 0.3) is 0 Å². The van der Waals surface area contributed by atoms with E-state index in [4.69, 9.17) is 28.0 Å². The molecule has 0 radical (unpaired) electrons. The van der Waals surface area contributed by atoms with Crippen molar-refractivity contribution in [2.24, 2.45) is 0 Å². The highest BCUT2D eigenvalue weighted by atomic mass is 31.2. The number of nitrogens with one attached hydrogen (secondary N) is 1. The molecule has 2 N–H and O–H groups in total. The van der Waals surface area contributed by atoms with Crippen molar-refractivity contribution >= 4 is 13.5 Å². The van der Waals surface area contributed by atoms with Gasteiger partial charge in [-0.15, -0.1) is 0 Å². The molecule has 5 aromatic carbocycles. The average molecular weight is 766 g/mol. The zero-order valence-electron chi connectivity index (χ0n) is 30.8. The second kappa shape index (κ2) is 20.4. The van der Waals surface area contributed by atoms with Gasteiger partial charge in [-0.05, 0) is 27.8 Å². The lowest BCUT2D eigenvalue weighted by Crippen LogP contribution is -2.67. The van der Waals surface area contributed by atoms with Gasteiger partial charge in [0.15, 0.2) is 5.85 Å². The second-order valence-electron chi connectivity index (χ2n) is 13.4. The molecule has 0 spiro atoms. The maximum atomic E-state index is 15.0. The van der Waals surface area contributed by atoms with Crippen LogP contribution in [0.25, 0.3) is 0 Å². The van der Waals surface area contributed by atoms with Crippen LogP contribution in [0.5, 0.6) is 0 Å². The Labute approximate surface area is 322 Å². The van der Waals surface area contributed by atoms with Crippen LogP contribution >= 0.6 is 7.60 Å². The number of amides is 1. The molecule has 2 unspecified atom stereocenters. The van der Waals surface area contributed by atoms with Crippen LogP contribution in [0.4, 0.5) is 0 Å². The largest absolute Gasteiger partial charge is 0.378 e. The molecule has 0 saturated carbocycles. The first-order valence-electron chi connectivity index (χ1n) is 18.4. The van der Waals surface area contributed by atoms with Crippen molar-refractivity contribution in [3.05, 3.63) is 179 Å². The summed E-state index contributed by atoms with van der Waals surface area (Å²) in [6, 6.07) is 46.3. The van der Waals surface area contributed by atoms with Crippen molar-refractivity contribution in [3.8, 4) is 0 Å². The molecule has 1 fully saturated rings. The SMILES string of the molecule is CC(=O)N[C@H]1C(C(O)P(=O)(OCc2ccccc2)OCc2ccccc2)O[C@H](COCc2ccccc2)[C@@H](OCc2ccccc2)[C@@H]1OCc1ccccc1. The number of rotatable bonds is 19. The number of ether oxygens (including phenoxy) is 4. The monoisotopic (exact) mass is 765 g/mol. The van der Waals surface area contributed by atoms with Crippen LogP contribution in [0.2, 0.25) is 0 Å². The fourth-order valence-electron chi connectivity index (χ4n) is 6.40. The van der Waals surface area contributed by atoms with E-state index < -0.39 is 49.8 Å². The average Bonchev–Trinajstić information content (AvgIpc) is 3.23. The number of aliphatic hydroxyl groups is 1. The minimum atomic E-state index is -4.44. The first-order valence-corrected chi connectivity index (χ1v) is 20.0. The molecule has 1 saturated heterocycles. The number of aliphatic hydroxyl groups excluding tert-OH is 1. The van der Waals surface area contributed by atoms with Crippen molar-refractivity contribution < 1.29 is 42.5 Å². The van der Waals surface area contributed by atoms with E-state index in [0.29, 0.717) is 0 Å². The Morgan fingerprint density at radius 3 is 1.42 bits per heavy atom. The standard InChI is InChI=1S/C44H48NO9P/c1-33(46)45-40-42(51-29-36-21-11-4-12-22-36)41(50-28-35-19-9-3-10-20-35)39(32-49-27-34-17-7-2-8-18-34)54-43(40)44(47)55(48,52-30-37-23-13-5-14-24-37)53-31-38-25-15-6-16-26-38/h2-26,39-44,47H,27-32H2,1H3,(H,45,46)/t39-,40-,41-,42-,43?,44?/m1/s1. The number of hydrogen-bond acceptors (Lipinski definition) is 9. The maximum absolute atomic E-state index is 15.0. The van der Waals surface area contributed by atoms with E-state index >= 15 is 0 Å². The Bertz CT molecular complexity index is 1860. The number of carbonyl (C=O) groups is 1. The lowest BCUT2D eigenvalue weighted by Gasteiger charge is -2.48. The third kappa shape index (κ3) is 11.8. The highest BCUT2D eigenvalue weighted by Gasteiger charge is 2.55. The van der Waals surface area contributed by atoms with E-state index in [1.54, 1.807) is 0 Å². The van der Waals surface area contributed by atoms with Gasteiger partial charge in [-0.2, -0.15) is 0 Å². The molecule has 0 bridgehead atoms. The lowest BCUT2D eigenvalue weighted by molar-refractivity contribution is -0.242. The molecular weight excluding hydrogens is 717 g/mol. The Kier molecular flexibility index (Phi) is 14.9. The zero-order chi connectivity index (χ0) is 38.3. The predicted octanol–water partition coefficient (Wildman–Crippen LogP) is 7.59. The molecule has 1 aliphatic rings. The van der Waals surface area contributed by atoms with E-state index in [1.165, 1.54) is 6.92 Å². The molecule has 288 valence electrons. The van der Waals surface area contributed by atoms with Crippen LogP contribution in [-0.4, -0.2) is 53.9 Å². The van der Waals surface area contributed by atoms with Crippen molar-refractivity contribution in [2.45, 2.75) is 76.3 Å². The van der Waals surface area contributed by atoms with Crippen molar-refractivity contribution in [3.63, 3.8) is 0 Å². The van der Waals surface area contributed by atoms with Gasteiger partial charge in [0.2, 0.25) is 5.91 Å². The Hall–Kier alpha value is -4.48. The number of hydrogen-bond donors (Lipinski definition) is 2. The number of carbonyl (C=O) groups excluding carboxylic acids is 1. The van der Waals surface area contributed by atoms with Crippen LogP contribution in [-0.2, 0) is 70.4 Å². The topological polar surface area (TPSA) is 122 Å². The van der Waals surface area contributed by atoms with E-state index in [-0.39, 0.29) is 39.6 Å². The van der Waals surface area contributed by atoms with Crippen molar-refractivity contribution in [1.82, 2.24) is 5.32 Å². The highest BCUT2D eigenvalue weighted by molar-refractivity contribution is 7.54. The van der Waals surface area contributed by atoms with Crippen LogP contribution in [0.15, 0.2) is 152 Å². The Morgan fingerprint density at radius 1 is 0.618 bits per heavy atom. The summed E-state index contributed by atoms with van der Waals surface area (Å²) in [5.41, 5.74) is 4.21. The first kappa shape index (κ1) is 40.2. The molecule has 0 aliphatic carbocycles. The fraction of sp³-hybridized carbons (Fsp3) is 0.295. The first-order chi connectivity index (χ1) is 26.9. The summed E-state index contributed by atoms with van der Waals surface area (Å²) >= 11 is 0. The normalized spacial score (nSPS) is 20.4. The molecule has 6 atom stereocenters. The molecule has 10 nitrogen and oxygen atoms in total. The minimum absolute atomic E-state index is 0.0234. The molecule has 55 heavy (non-hydrogen) atoms. The Morgan fingerprint density at radius 2 is 1.00 bits per heavy atom. The fourth-order valence-corrected chi connectivity index (χ4v) is 8.06. The van der Waals surface area contributed by atoms with Crippen molar-refractivity contribution in [1.29, 1.82) is 0 Å². The summed E-state index contributed by atoms with van der Waals surface area (Å²) in [6.07, 6.45) is -3.92. The second-order valence-corrected chi connectivity index (χ2v) is 15.5. The molecule has 5 aromatic rings. The summed E-state index contributed by atoms with van der Waals surface area (Å²) < 4.78 is 53.4. The van der Waals surface area contributed by atoms with Gasteiger partial charge in [-0.3, -0.25) is 9.36 Å². The molecule has 0 aromatic heterocycles. The van der Waals surface area contributed by atoms with Gasteiger partial charge in [0.1, 0.15) is 24.4 Å². The van der Waals surface area contributed by atoms with E-state index in [2.05, 4.69) is 5.32 Å². The van der Waals surface area contributed by atoms with Gasteiger partial charge in [-0.25, -0.2) is 0 Å². The predicted molar refractivity (Wildman–Crippen MR) is 208 cm³/mol. The Balaban J connectivity index is 1.36. The van der Waals surface area contributed by atoms with Gasteiger partial charge in [0, 0.05) is 6.92 Å². The molecular formula is C44H48NO9P.